The van der Waals surface area contributed by atoms with E-state index in [9.17, 15) is 0 Å². The summed E-state index contributed by atoms with van der Waals surface area (Å²) < 4.78 is 0. The zero-order valence-corrected chi connectivity index (χ0v) is 8.76. The average molecular weight is 207 g/mol. The van der Waals surface area contributed by atoms with E-state index in [1.165, 1.54) is 5.56 Å². The van der Waals surface area contributed by atoms with E-state index in [2.05, 4.69) is 32.0 Å². The molecular formula is C10H13N3S. The minimum Gasteiger partial charge on any atom is -0.354 e. The number of fused-ring (bicyclic) bond motifs is 1. The zero-order valence-electron chi connectivity index (χ0n) is 7.94. The van der Waals surface area contributed by atoms with E-state index in [4.69, 9.17) is 0 Å². The standard InChI is InChI=1S/C10H13N3S/c1-3-11-10-12-4-5-13(10)9(1)8-2-6-14-7-8/h2,6-7,9H,1,3-5H2,(H,11,12). The Morgan fingerprint density at radius 2 is 2.57 bits per heavy atom. The van der Waals surface area contributed by atoms with Crippen molar-refractivity contribution >= 4 is 17.3 Å². The highest BCUT2D eigenvalue weighted by Crippen LogP contribution is 2.29. The normalized spacial score (nSPS) is 25.6. The summed E-state index contributed by atoms with van der Waals surface area (Å²) >= 11 is 1.78. The van der Waals surface area contributed by atoms with E-state index in [0.717, 1.165) is 32.0 Å². The maximum absolute atomic E-state index is 4.49. The fourth-order valence-corrected chi connectivity index (χ4v) is 2.91. The molecule has 0 spiro atoms. The van der Waals surface area contributed by atoms with E-state index in [-0.39, 0.29) is 0 Å². The molecule has 1 saturated heterocycles. The molecule has 2 aliphatic rings. The number of thiophene rings is 1. The van der Waals surface area contributed by atoms with Crippen LogP contribution >= 0.6 is 11.3 Å². The third-order valence-corrected chi connectivity index (χ3v) is 3.58. The maximum Gasteiger partial charge on any atom is 0.194 e. The van der Waals surface area contributed by atoms with Gasteiger partial charge in [0.25, 0.3) is 0 Å². The van der Waals surface area contributed by atoms with Gasteiger partial charge < -0.3 is 10.2 Å². The van der Waals surface area contributed by atoms with Gasteiger partial charge >= 0.3 is 0 Å². The number of rotatable bonds is 1. The molecule has 0 bridgehead atoms. The Kier molecular flexibility index (Phi) is 1.94. The molecule has 0 saturated carbocycles. The predicted octanol–water partition coefficient (Wildman–Crippen LogP) is 1.45. The topological polar surface area (TPSA) is 27.6 Å². The Morgan fingerprint density at radius 1 is 1.57 bits per heavy atom. The molecule has 4 heteroatoms. The van der Waals surface area contributed by atoms with Crippen LogP contribution in [0.25, 0.3) is 0 Å². The first kappa shape index (κ1) is 8.29. The van der Waals surface area contributed by atoms with Crippen molar-refractivity contribution in [1.82, 2.24) is 10.2 Å². The van der Waals surface area contributed by atoms with Crippen LogP contribution in [-0.2, 0) is 0 Å². The number of guanidine groups is 1. The number of hydrogen-bond acceptors (Lipinski definition) is 4. The number of hydrogen-bond donors (Lipinski definition) is 1. The molecule has 1 aromatic rings. The van der Waals surface area contributed by atoms with Gasteiger partial charge in [0.05, 0.1) is 6.04 Å². The van der Waals surface area contributed by atoms with Gasteiger partial charge in [-0.2, -0.15) is 11.3 Å². The molecule has 3 rings (SSSR count). The van der Waals surface area contributed by atoms with Crippen LogP contribution in [0.1, 0.15) is 18.0 Å². The van der Waals surface area contributed by atoms with Gasteiger partial charge in [0, 0.05) is 19.6 Å². The lowest BCUT2D eigenvalue weighted by Gasteiger charge is -2.31. The molecule has 0 aliphatic carbocycles. The second kappa shape index (κ2) is 3.28. The van der Waals surface area contributed by atoms with Crippen molar-refractivity contribution in [3.8, 4) is 0 Å². The highest BCUT2D eigenvalue weighted by Gasteiger charge is 2.29. The number of nitrogens with zero attached hydrogens (tertiary/aromatic N) is 2. The van der Waals surface area contributed by atoms with Crippen LogP contribution in [0.5, 0.6) is 0 Å². The molecule has 0 aromatic carbocycles. The fraction of sp³-hybridized carbons (Fsp3) is 0.500. The SMILES string of the molecule is c1cc(C2CCN=C3NCCN32)cs1. The van der Waals surface area contributed by atoms with Crippen molar-refractivity contribution in [1.29, 1.82) is 0 Å². The molecule has 0 radical (unpaired) electrons. The first-order chi connectivity index (χ1) is 6.95. The van der Waals surface area contributed by atoms with Gasteiger partial charge in [-0.05, 0) is 28.8 Å². The van der Waals surface area contributed by atoms with Gasteiger partial charge in [0.1, 0.15) is 0 Å². The minimum absolute atomic E-state index is 0.559. The Labute approximate surface area is 87.5 Å². The molecule has 1 fully saturated rings. The third kappa shape index (κ3) is 1.21. The number of nitrogens with one attached hydrogen (secondary N) is 1. The van der Waals surface area contributed by atoms with Crippen molar-refractivity contribution in [3.63, 3.8) is 0 Å². The van der Waals surface area contributed by atoms with Crippen molar-refractivity contribution < 1.29 is 0 Å². The van der Waals surface area contributed by atoms with Crippen LogP contribution in [0.2, 0.25) is 0 Å². The summed E-state index contributed by atoms with van der Waals surface area (Å²) in [6, 6.07) is 2.79. The minimum atomic E-state index is 0.559. The molecule has 3 nitrogen and oxygen atoms in total. The van der Waals surface area contributed by atoms with E-state index in [1.807, 2.05) is 0 Å². The highest BCUT2D eigenvalue weighted by atomic mass is 32.1. The monoisotopic (exact) mass is 207 g/mol. The second-order valence-corrected chi connectivity index (χ2v) is 4.47. The summed E-state index contributed by atoms with van der Waals surface area (Å²) in [5.41, 5.74) is 1.45. The first-order valence-electron chi connectivity index (χ1n) is 5.02. The van der Waals surface area contributed by atoms with Crippen molar-refractivity contribution in [2.24, 2.45) is 4.99 Å². The molecule has 2 aliphatic heterocycles. The van der Waals surface area contributed by atoms with Gasteiger partial charge in [-0.25, -0.2) is 0 Å². The molecule has 1 unspecified atom stereocenters. The number of aliphatic imine (C=N–C) groups is 1. The van der Waals surface area contributed by atoms with Gasteiger partial charge in [-0.3, -0.25) is 4.99 Å². The largest absolute Gasteiger partial charge is 0.354 e. The fourth-order valence-electron chi connectivity index (χ4n) is 2.21. The molecule has 0 amide bonds. The smallest absolute Gasteiger partial charge is 0.194 e. The lowest BCUT2D eigenvalue weighted by atomic mass is 10.1. The molecular weight excluding hydrogens is 194 g/mol. The quantitative estimate of drug-likeness (QED) is 0.755. The summed E-state index contributed by atoms with van der Waals surface area (Å²) in [5, 5.41) is 7.74. The van der Waals surface area contributed by atoms with E-state index in [0.29, 0.717) is 6.04 Å². The lowest BCUT2D eigenvalue weighted by molar-refractivity contribution is 0.315. The molecule has 1 atom stereocenters. The molecule has 1 aromatic heterocycles. The second-order valence-electron chi connectivity index (χ2n) is 3.69. The van der Waals surface area contributed by atoms with Crippen LogP contribution in [0.4, 0.5) is 0 Å². The molecule has 3 heterocycles. The molecule has 74 valence electrons. The highest BCUT2D eigenvalue weighted by molar-refractivity contribution is 7.07. The Bertz CT molecular complexity index is 344. The Hall–Kier alpha value is -1.03. The van der Waals surface area contributed by atoms with E-state index >= 15 is 0 Å². The van der Waals surface area contributed by atoms with Crippen LogP contribution in [0.15, 0.2) is 21.8 Å². The van der Waals surface area contributed by atoms with Gasteiger partial charge in [0.2, 0.25) is 0 Å². The predicted molar refractivity (Wildman–Crippen MR) is 58.7 cm³/mol. The van der Waals surface area contributed by atoms with Crippen LogP contribution in [0.3, 0.4) is 0 Å². The summed E-state index contributed by atoms with van der Waals surface area (Å²) in [6.45, 7) is 3.10. The Morgan fingerprint density at radius 3 is 3.43 bits per heavy atom. The maximum atomic E-state index is 4.49. The van der Waals surface area contributed by atoms with Gasteiger partial charge in [0.15, 0.2) is 5.96 Å². The van der Waals surface area contributed by atoms with Gasteiger partial charge in [-0.1, -0.05) is 0 Å². The van der Waals surface area contributed by atoms with E-state index in [1.54, 1.807) is 11.3 Å². The van der Waals surface area contributed by atoms with Crippen LogP contribution in [0, 0.1) is 0 Å². The zero-order chi connectivity index (χ0) is 9.38. The summed E-state index contributed by atoms with van der Waals surface area (Å²) in [7, 11) is 0. The molecule has 1 N–H and O–H groups in total. The summed E-state index contributed by atoms with van der Waals surface area (Å²) in [6.07, 6.45) is 1.15. The Balaban J connectivity index is 1.91. The average Bonchev–Trinajstić information content (AvgIpc) is 2.88. The van der Waals surface area contributed by atoms with Crippen molar-refractivity contribution in [3.05, 3.63) is 22.4 Å². The molecule has 14 heavy (non-hydrogen) atoms. The van der Waals surface area contributed by atoms with Crippen LogP contribution in [-0.4, -0.2) is 30.5 Å². The third-order valence-electron chi connectivity index (χ3n) is 2.88. The van der Waals surface area contributed by atoms with Crippen molar-refractivity contribution in [2.75, 3.05) is 19.6 Å². The van der Waals surface area contributed by atoms with Crippen molar-refractivity contribution in [2.45, 2.75) is 12.5 Å². The lowest BCUT2D eigenvalue weighted by Crippen LogP contribution is -2.37. The van der Waals surface area contributed by atoms with Crippen LogP contribution < -0.4 is 5.32 Å². The first-order valence-corrected chi connectivity index (χ1v) is 5.96. The van der Waals surface area contributed by atoms with E-state index < -0.39 is 0 Å². The summed E-state index contributed by atoms with van der Waals surface area (Å²) in [5.74, 6) is 1.10. The summed E-state index contributed by atoms with van der Waals surface area (Å²) in [4.78, 5) is 6.88. The van der Waals surface area contributed by atoms with Gasteiger partial charge in [-0.15, -0.1) is 0 Å².